The quantitative estimate of drug-likeness (QED) is 0.464. The molecule has 0 bridgehead atoms. The van der Waals surface area contributed by atoms with E-state index in [0.29, 0.717) is 0 Å². The standard InChI is InChI=1S/C9H11F2NO2S/c10-5-1-4(12)2-6(11)8(5)9(14)7(13)3-15/h1-2,7,9,13-15H,3,12H2. The highest BCUT2D eigenvalue weighted by molar-refractivity contribution is 7.80. The Labute approximate surface area is 90.9 Å². The fraction of sp³-hybridized carbons (Fsp3) is 0.333. The van der Waals surface area contributed by atoms with Gasteiger partial charge < -0.3 is 15.9 Å². The first-order valence-corrected chi connectivity index (χ1v) is 4.82. The molecule has 0 saturated carbocycles. The number of nitrogens with two attached hydrogens (primary N) is 1. The Kier molecular flexibility index (Phi) is 3.90. The Hall–Kier alpha value is -0.850. The van der Waals surface area contributed by atoms with Crippen molar-refractivity contribution < 1.29 is 19.0 Å². The van der Waals surface area contributed by atoms with Gasteiger partial charge in [-0.05, 0) is 12.1 Å². The molecule has 2 unspecified atom stereocenters. The smallest absolute Gasteiger partial charge is 0.134 e. The number of aliphatic hydroxyl groups is 2. The van der Waals surface area contributed by atoms with Crippen LogP contribution >= 0.6 is 12.6 Å². The summed E-state index contributed by atoms with van der Waals surface area (Å²) in [6.07, 6.45) is -2.98. The van der Waals surface area contributed by atoms with Crippen LogP contribution in [-0.2, 0) is 0 Å². The maximum Gasteiger partial charge on any atom is 0.134 e. The Morgan fingerprint density at radius 1 is 1.27 bits per heavy atom. The highest BCUT2D eigenvalue weighted by Gasteiger charge is 2.24. The van der Waals surface area contributed by atoms with E-state index in [1.807, 2.05) is 0 Å². The molecule has 0 aliphatic rings. The zero-order valence-electron chi connectivity index (χ0n) is 7.69. The number of hydrogen-bond donors (Lipinski definition) is 4. The number of rotatable bonds is 3. The van der Waals surface area contributed by atoms with Crippen LogP contribution in [0.2, 0.25) is 0 Å². The van der Waals surface area contributed by atoms with Crippen LogP contribution in [0.15, 0.2) is 12.1 Å². The van der Waals surface area contributed by atoms with Crippen molar-refractivity contribution in [2.45, 2.75) is 12.2 Å². The number of thiol groups is 1. The fourth-order valence-electron chi connectivity index (χ4n) is 1.18. The van der Waals surface area contributed by atoms with Gasteiger partial charge in [0, 0.05) is 11.4 Å². The molecule has 0 amide bonds. The lowest BCUT2D eigenvalue weighted by Gasteiger charge is -2.17. The number of halogens is 2. The van der Waals surface area contributed by atoms with Crippen LogP contribution in [0, 0.1) is 11.6 Å². The van der Waals surface area contributed by atoms with Crippen molar-refractivity contribution >= 4 is 18.3 Å². The van der Waals surface area contributed by atoms with Crippen molar-refractivity contribution in [1.82, 2.24) is 0 Å². The topological polar surface area (TPSA) is 66.5 Å². The minimum absolute atomic E-state index is 0.0821. The summed E-state index contributed by atoms with van der Waals surface area (Å²) in [5, 5.41) is 18.6. The monoisotopic (exact) mass is 235 g/mol. The predicted molar refractivity (Wildman–Crippen MR) is 55.6 cm³/mol. The molecule has 0 aliphatic carbocycles. The van der Waals surface area contributed by atoms with E-state index in [4.69, 9.17) is 5.73 Å². The van der Waals surface area contributed by atoms with E-state index in [9.17, 15) is 19.0 Å². The van der Waals surface area contributed by atoms with Gasteiger partial charge in [0.2, 0.25) is 0 Å². The Bertz CT molecular complexity index is 339. The van der Waals surface area contributed by atoms with Gasteiger partial charge >= 0.3 is 0 Å². The molecule has 0 fully saturated rings. The van der Waals surface area contributed by atoms with Crippen molar-refractivity contribution in [3.63, 3.8) is 0 Å². The van der Waals surface area contributed by atoms with Crippen molar-refractivity contribution in [3.05, 3.63) is 29.3 Å². The number of hydrogen-bond acceptors (Lipinski definition) is 4. The van der Waals surface area contributed by atoms with Crippen LogP contribution in [0.3, 0.4) is 0 Å². The van der Waals surface area contributed by atoms with Gasteiger partial charge in [-0.2, -0.15) is 12.6 Å². The zero-order valence-corrected chi connectivity index (χ0v) is 8.59. The minimum Gasteiger partial charge on any atom is -0.399 e. The van der Waals surface area contributed by atoms with Crippen LogP contribution in [-0.4, -0.2) is 22.1 Å². The van der Waals surface area contributed by atoms with Crippen molar-refractivity contribution in [1.29, 1.82) is 0 Å². The Balaban J connectivity index is 3.13. The van der Waals surface area contributed by atoms with Gasteiger partial charge in [0.25, 0.3) is 0 Å². The molecule has 0 radical (unpaired) electrons. The molecule has 1 aromatic carbocycles. The predicted octanol–water partition coefficient (Wildman–Crippen LogP) is 0.871. The minimum atomic E-state index is -1.65. The molecular weight excluding hydrogens is 224 g/mol. The SMILES string of the molecule is Nc1cc(F)c(C(O)C(O)CS)c(F)c1. The lowest BCUT2D eigenvalue weighted by molar-refractivity contribution is 0.0291. The second-order valence-corrected chi connectivity index (χ2v) is 3.46. The lowest BCUT2D eigenvalue weighted by Crippen LogP contribution is -2.22. The summed E-state index contributed by atoms with van der Waals surface area (Å²) in [5.74, 6) is -2.08. The molecular formula is C9H11F2NO2S. The first-order valence-electron chi connectivity index (χ1n) is 4.18. The highest BCUT2D eigenvalue weighted by atomic mass is 32.1. The number of anilines is 1. The summed E-state index contributed by atoms with van der Waals surface area (Å²) in [6, 6.07) is 1.76. The van der Waals surface area contributed by atoms with Gasteiger partial charge in [-0.25, -0.2) is 8.78 Å². The summed E-state index contributed by atoms with van der Waals surface area (Å²) >= 11 is 3.71. The van der Waals surface area contributed by atoms with Gasteiger partial charge in [0.15, 0.2) is 0 Å². The molecule has 0 aliphatic heterocycles. The molecule has 15 heavy (non-hydrogen) atoms. The van der Waals surface area contributed by atoms with E-state index in [2.05, 4.69) is 12.6 Å². The summed E-state index contributed by atoms with van der Waals surface area (Å²) in [5.41, 5.74) is 4.52. The third-order valence-electron chi connectivity index (χ3n) is 1.95. The Morgan fingerprint density at radius 2 is 1.73 bits per heavy atom. The molecule has 6 heteroatoms. The van der Waals surface area contributed by atoms with Crippen LogP contribution < -0.4 is 5.73 Å². The fourth-order valence-corrected chi connectivity index (χ4v) is 1.38. The third kappa shape index (κ3) is 2.58. The number of nitrogen functional groups attached to an aromatic ring is 1. The van der Waals surface area contributed by atoms with E-state index in [1.54, 1.807) is 0 Å². The lowest BCUT2D eigenvalue weighted by atomic mass is 10.0. The van der Waals surface area contributed by atoms with E-state index in [1.165, 1.54) is 0 Å². The zero-order chi connectivity index (χ0) is 11.6. The summed E-state index contributed by atoms with van der Waals surface area (Å²) < 4.78 is 26.5. The van der Waals surface area contributed by atoms with Gasteiger partial charge in [-0.15, -0.1) is 0 Å². The van der Waals surface area contributed by atoms with Gasteiger partial charge in [0.05, 0.1) is 11.7 Å². The number of aliphatic hydroxyl groups excluding tert-OH is 2. The molecule has 84 valence electrons. The van der Waals surface area contributed by atoms with Crippen molar-refractivity contribution in [2.75, 3.05) is 11.5 Å². The molecule has 1 aromatic rings. The molecule has 0 aromatic heterocycles. The first kappa shape index (κ1) is 12.2. The van der Waals surface area contributed by atoms with Gasteiger partial charge in [-0.3, -0.25) is 0 Å². The molecule has 1 rings (SSSR count). The number of benzene rings is 1. The van der Waals surface area contributed by atoms with Crippen LogP contribution in [0.4, 0.5) is 14.5 Å². The van der Waals surface area contributed by atoms with Gasteiger partial charge in [-0.1, -0.05) is 0 Å². The second-order valence-electron chi connectivity index (χ2n) is 3.09. The normalized spacial score (nSPS) is 15.0. The third-order valence-corrected chi connectivity index (χ3v) is 2.32. The van der Waals surface area contributed by atoms with E-state index < -0.39 is 29.4 Å². The van der Waals surface area contributed by atoms with E-state index in [-0.39, 0.29) is 11.4 Å². The highest BCUT2D eigenvalue weighted by Crippen LogP contribution is 2.25. The molecule has 3 nitrogen and oxygen atoms in total. The van der Waals surface area contributed by atoms with Crippen LogP contribution in [0.5, 0.6) is 0 Å². The van der Waals surface area contributed by atoms with E-state index in [0.717, 1.165) is 12.1 Å². The summed E-state index contributed by atoms with van der Waals surface area (Å²) in [6.45, 7) is 0. The molecule has 0 saturated heterocycles. The first-order chi connectivity index (χ1) is 6.97. The average molecular weight is 235 g/mol. The molecule has 0 heterocycles. The van der Waals surface area contributed by atoms with E-state index >= 15 is 0 Å². The molecule has 0 spiro atoms. The van der Waals surface area contributed by atoms with Gasteiger partial charge in [0.1, 0.15) is 17.7 Å². The van der Waals surface area contributed by atoms with Crippen LogP contribution in [0.1, 0.15) is 11.7 Å². The molecule has 2 atom stereocenters. The Morgan fingerprint density at radius 3 is 2.13 bits per heavy atom. The van der Waals surface area contributed by atoms with Crippen LogP contribution in [0.25, 0.3) is 0 Å². The summed E-state index contributed by atoms with van der Waals surface area (Å²) in [7, 11) is 0. The van der Waals surface area contributed by atoms with Crippen molar-refractivity contribution in [2.24, 2.45) is 0 Å². The largest absolute Gasteiger partial charge is 0.399 e. The van der Waals surface area contributed by atoms with Crippen molar-refractivity contribution in [3.8, 4) is 0 Å². The molecule has 4 N–H and O–H groups in total. The maximum atomic E-state index is 13.2. The average Bonchev–Trinajstić information content (AvgIpc) is 2.14. The summed E-state index contributed by atoms with van der Waals surface area (Å²) in [4.78, 5) is 0. The second kappa shape index (κ2) is 4.78. The maximum absolute atomic E-state index is 13.2.